The highest BCUT2D eigenvalue weighted by molar-refractivity contribution is 6.05. The van der Waals surface area contributed by atoms with Crippen LogP contribution >= 0.6 is 0 Å². The molecule has 0 bridgehead atoms. The fourth-order valence-electron chi connectivity index (χ4n) is 4.57. The van der Waals surface area contributed by atoms with E-state index in [-0.39, 0.29) is 35.4 Å². The minimum atomic E-state index is -0.368. The van der Waals surface area contributed by atoms with Gasteiger partial charge < -0.3 is 20.0 Å². The van der Waals surface area contributed by atoms with Crippen molar-refractivity contribution in [3.05, 3.63) is 65.7 Å². The third-order valence-electron chi connectivity index (χ3n) is 6.45. The highest BCUT2D eigenvalue weighted by atomic mass is 16.3. The van der Waals surface area contributed by atoms with Crippen LogP contribution in [0.2, 0.25) is 0 Å². The highest BCUT2D eigenvalue weighted by Crippen LogP contribution is 2.26. The maximum Gasteiger partial charge on any atom is 0.268 e. The van der Waals surface area contributed by atoms with E-state index in [1.54, 1.807) is 36.4 Å². The number of nitrogens with one attached hydrogen (secondary N) is 2. The zero-order valence-corrected chi connectivity index (χ0v) is 18.8. The van der Waals surface area contributed by atoms with Gasteiger partial charge in [0, 0.05) is 36.7 Å². The van der Waals surface area contributed by atoms with E-state index in [0.29, 0.717) is 37.3 Å². The molecular weight excluding hydrogens is 418 g/mol. The van der Waals surface area contributed by atoms with Crippen molar-refractivity contribution in [2.75, 3.05) is 13.1 Å². The molecule has 1 aromatic heterocycles. The van der Waals surface area contributed by atoms with Crippen molar-refractivity contribution in [1.82, 2.24) is 15.5 Å². The Morgan fingerprint density at radius 2 is 1.64 bits per heavy atom. The molecule has 1 aliphatic carbocycles. The third-order valence-corrected chi connectivity index (χ3v) is 6.45. The van der Waals surface area contributed by atoms with Crippen LogP contribution in [0, 0.1) is 5.92 Å². The maximum atomic E-state index is 13.1. The molecule has 2 heterocycles. The van der Waals surface area contributed by atoms with Crippen molar-refractivity contribution in [2.24, 2.45) is 5.92 Å². The van der Waals surface area contributed by atoms with Crippen LogP contribution < -0.4 is 10.6 Å². The molecule has 2 aromatic rings. The molecule has 3 amide bonds. The largest absolute Gasteiger partial charge is 0.465 e. The average molecular weight is 450 g/mol. The topological polar surface area (TPSA) is 91.7 Å². The van der Waals surface area contributed by atoms with Crippen LogP contribution in [0.5, 0.6) is 0 Å². The van der Waals surface area contributed by atoms with Crippen molar-refractivity contribution in [3.8, 4) is 0 Å². The first-order chi connectivity index (χ1) is 16.1. The van der Waals surface area contributed by atoms with Crippen molar-refractivity contribution in [1.29, 1.82) is 0 Å². The summed E-state index contributed by atoms with van der Waals surface area (Å²) in [6.07, 6.45) is 9.94. The van der Waals surface area contributed by atoms with Crippen LogP contribution in [-0.4, -0.2) is 41.8 Å². The average Bonchev–Trinajstić information content (AvgIpc) is 3.38. The zero-order chi connectivity index (χ0) is 23.0. The summed E-state index contributed by atoms with van der Waals surface area (Å²) < 4.78 is 5.34. The van der Waals surface area contributed by atoms with E-state index in [9.17, 15) is 14.4 Å². The summed E-state index contributed by atoms with van der Waals surface area (Å²) in [7, 11) is 0. The number of likely N-dealkylation sites (tertiary alicyclic amines) is 1. The summed E-state index contributed by atoms with van der Waals surface area (Å²) in [5.41, 5.74) is 0.588. The molecule has 2 fully saturated rings. The van der Waals surface area contributed by atoms with E-state index in [0.717, 1.165) is 25.7 Å². The second kappa shape index (κ2) is 11.0. The first kappa shape index (κ1) is 22.8. The van der Waals surface area contributed by atoms with Gasteiger partial charge in [0.15, 0.2) is 0 Å². The number of hydrogen-bond donors (Lipinski definition) is 2. The maximum absolute atomic E-state index is 13.1. The van der Waals surface area contributed by atoms with Gasteiger partial charge in [-0.05, 0) is 49.9 Å². The zero-order valence-electron chi connectivity index (χ0n) is 18.8. The monoisotopic (exact) mass is 449 g/mol. The van der Waals surface area contributed by atoms with Crippen LogP contribution in [0.15, 0.2) is 58.8 Å². The standard InChI is InChI=1S/C26H31N3O4/c30-24(19-8-3-1-4-9-19)28-23(18-22-12-7-17-33-22)25(31)27-21-13-15-29(16-14-21)26(32)20-10-5-2-6-11-20/h1,3-4,7-9,12,17-18,20-21H,2,5-6,10-11,13-16H2,(H,27,31)(H,28,30). The summed E-state index contributed by atoms with van der Waals surface area (Å²) in [6.45, 7) is 1.29. The van der Waals surface area contributed by atoms with Gasteiger partial charge in [0.05, 0.1) is 6.26 Å². The summed E-state index contributed by atoms with van der Waals surface area (Å²) in [6, 6.07) is 12.1. The van der Waals surface area contributed by atoms with E-state index in [1.165, 1.54) is 18.8 Å². The molecule has 1 saturated carbocycles. The van der Waals surface area contributed by atoms with E-state index in [4.69, 9.17) is 4.42 Å². The van der Waals surface area contributed by atoms with Gasteiger partial charge in [0.25, 0.3) is 11.8 Å². The van der Waals surface area contributed by atoms with Gasteiger partial charge in [-0.25, -0.2) is 0 Å². The van der Waals surface area contributed by atoms with Crippen molar-refractivity contribution in [2.45, 2.75) is 51.0 Å². The molecule has 2 N–H and O–H groups in total. The van der Waals surface area contributed by atoms with E-state index in [2.05, 4.69) is 10.6 Å². The summed E-state index contributed by atoms with van der Waals surface area (Å²) >= 11 is 0. The molecule has 174 valence electrons. The Balaban J connectivity index is 1.36. The fourth-order valence-corrected chi connectivity index (χ4v) is 4.57. The molecule has 4 rings (SSSR count). The number of amides is 3. The summed E-state index contributed by atoms with van der Waals surface area (Å²) in [4.78, 5) is 40.4. The van der Waals surface area contributed by atoms with Crippen molar-refractivity contribution >= 4 is 23.8 Å². The minimum Gasteiger partial charge on any atom is -0.465 e. The lowest BCUT2D eigenvalue weighted by Crippen LogP contribution is -2.49. The lowest BCUT2D eigenvalue weighted by Gasteiger charge is -2.35. The Kier molecular flexibility index (Phi) is 7.60. The molecule has 0 radical (unpaired) electrons. The Morgan fingerprint density at radius 3 is 2.30 bits per heavy atom. The smallest absolute Gasteiger partial charge is 0.268 e. The van der Waals surface area contributed by atoms with Crippen LogP contribution in [0.1, 0.15) is 61.1 Å². The number of carbonyl (C=O) groups excluding carboxylic acids is 3. The van der Waals surface area contributed by atoms with Gasteiger partial charge in [-0.1, -0.05) is 37.5 Å². The molecule has 1 aliphatic heterocycles. The van der Waals surface area contributed by atoms with Gasteiger partial charge in [-0.15, -0.1) is 0 Å². The number of piperidine rings is 1. The molecule has 0 atom stereocenters. The fraction of sp³-hybridized carbons (Fsp3) is 0.423. The van der Waals surface area contributed by atoms with Crippen LogP contribution in [0.4, 0.5) is 0 Å². The number of rotatable bonds is 6. The van der Waals surface area contributed by atoms with Crippen molar-refractivity contribution < 1.29 is 18.8 Å². The van der Waals surface area contributed by atoms with Crippen LogP contribution in [0.3, 0.4) is 0 Å². The predicted octanol–water partition coefficient (Wildman–Crippen LogP) is 3.74. The predicted molar refractivity (Wildman–Crippen MR) is 125 cm³/mol. The molecular formula is C26H31N3O4. The molecule has 7 heteroatoms. The first-order valence-corrected chi connectivity index (χ1v) is 11.8. The molecule has 1 saturated heterocycles. The second-order valence-corrected chi connectivity index (χ2v) is 8.80. The number of carbonyl (C=O) groups is 3. The highest BCUT2D eigenvalue weighted by Gasteiger charge is 2.30. The molecule has 0 spiro atoms. The summed E-state index contributed by atoms with van der Waals surface area (Å²) in [5, 5.41) is 5.74. The van der Waals surface area contributed by atoms with Gasteiger partial charge in [0.1, 0.15) is 11.5 Å². The van der Waals surface area contributed by atoms with Crippen LogP contribution in [-0.2, 0) is 9.59 Å². The number of furan rings is 1. The Hall–Kier alpha value is -3.35. The number of benzene rings is 1. The number of hydrogen-bond acceptors (Lipinski definition) is 4. The van der Waals surface area contributed by atoms with Crippen LogP contribution in [0.25, 0.3) is 6.08 Å². The lowest BCUT2D eigenvalue weighted by molar-refractivity contribution is -0.137. The first-order valence-electron chi connectivity index (χ1n) is 11.8. The molecule has 0 unspecified atom stereocenters. The minimum absolute atomic E-state index is 0.0541. The molecule has 7 nitrogen and oxygen atoms in total. The van der Waals surface area contributed by atoms with Gasteiger partial charge in [-0.3, -0.25) is 14.4 Å². The van der Waals surface area contributed by atoms with E-state index in [1.807, 2.05) is 11.0 Å². The van der Waals surface area contributed by atoms with Gasteiger partial charge >= 0.3 is 0 Å². The normalized spacial score (nSPS) is 18.1. The lowest BCUT2D eigenvalue weighted by atomic mass is 9.87. The Bertz CT molecular complexity index is 970. The number of nitrogens with zero attached hydrogens (tertiary/aromatic N) is 1. The van der Waals surface area contributed by atoms with E-state index >= 15 is 0 Å². The molecule has 33 heavy (non-hydrogen) atoms. The Morgan fingerprint density at radius 1 is 0.909 bits per heavy atom. The molecule has 2 aliphatic rings. The molecule has 1 aromatic carbocycles. The van der Waals surface area contributed by atoms with Gasteiger partial charge in [-0.2, -0.15) is 0 Å². The van der Waals surface area contributed by atoms with Crippen molar-refractivity contribution in [3.63, 3.8) is 0 Å². The third kappa shape index (κ3) is 6.12. The van der Waals surface area contributed by atoms with E-state index < -0.39 is 0 Å². The SMILES string of the molecule is O=C(NC1CCN(C(=O)C2CCCCC2)CC1)C(=Cc1ccco1)NC(=O)c1ccccc1. The quantitative estimate of drug-likeness (QED) is 0.658. The summed E-state index contributed by atoms with van der Waals surface area (Å²) in [5.74, 6) is 0.180. The van der Waals surface area contributed by atoms with Gasteiger partial charge in [0.2, 0.25) is 5.91 Å². The Labute approximate surface area is 194 Å². The second-order valence-electron chi connectivity index (χ2n) is 8.80.